The Morgan fingerprint density at radius 1 is 0.500 bits per heavy atom. The van der Waals surface area contributed by atoms with E-state index < -0.39 is 0 Å². The van der Waals surface area contributed by atoms with E-state index in [4.69, 9.17) is 4.74 Å². The van der Waals surface area contributed by atoms with Gasteiger partial charge in [0.15, 0.2) is 0 Å². The molecule has 0 bridgehead atoms. The second-order valence-corrected chi connectivity index (χ2v) is 3.24. The van der Waals surface area contributed by atoms with Crippen LogP contribution in [-0.4, -0.2) is 23.3 Å². The molecule has 2 aliphatic carbocycles. The van der Waals surface area contributed by atoms with Crippen molar-refractivity contribution >= 4 is 10.1 Å². The topological polar surface area (TPSA) is 9.23 Å². The van der Waals surface area contributed by atoms with Crippen LogP contribution in [0.2, 0.25) is 0 Å². The van der Waals surface area contributed by atoms with Gasteiger partial charge in [-0.25, -0.2) is 0 Å². The second-order valence-electron chi connectivity index (χ2n) is 3.24. The average Bonchev–Trinajstić information content (AvgIpc) is 3.09. The van der Waals surface area contributed by atoms with Gasteiger partial charge in [0.05, 0.1) is 0 Å². The standard InChI is InChI=1S/2C5H5.C4H8O.Be/c3*1-2-4-5-3-1;/h2*1-5H;1-4H2;. The van der Waals surface area contributed by atoms with E-state index in [0.717, 1.165) is 13.2 Å². The smallest absolute Gasteiger partial charge is 0.0466 e. The molecule has 0 N–H and O–H groups in total. The van der Waals surface area contributed by atoms with Crippen LogP contribution in [0.25, 0.3) is 0 Å². The number of rotatable bonds is 0. The number of hydrogen-bond donors (Lipinski definition) is 0. The first-order chi connectivity index (χ1) is 7.50. The molecule has 0 aromatic heterocycles. The molecular weight excluding hydrogens is 193 g/mol. The zero-order valence-electron chi connectivity index (χ0n) is 9.72. The van der Waals surface area contributed by atoms with Gasteiger partial charge in [-0.2, -0.15) is 0 Å². The van der Waals surface area contributed by atoms with Gasteiger partial charge in [0.25, 0.3) is 0 Å². The minimum absolute atomic E-state index is 0. The van der Waals surface area contributed by atoms with Gasteiger partial charge in [-0.05, 0) is 77.0 Å². The molecule has 12 radical (unpaired) electrons. The van der Waals surface area contributed by atoms with Crippen LogP contribution >= 0.6 is 0 Å². The molecule has 1 nitrogen and oxygen atoms in total. The van der Waals surface area contributed by atoms with Crippen LogP contribution in [0.15, 0.2) is 0 Å². The first-order valence-corrected chi connectivity index (χ1v) is 5.41. The summed E-state index contributed by atoms with van der Waals surface area (Å²) in [6, 6.07) is 0. The van der Waals surface area contributed by atoms with E-state index in [9.17, 15) is 0 Å². The largest absolute Gasteiger partial charge is 0.381 e. The Balaban J connectivity index is 0.000000205. The molecule has 0 spiro atoms. The van der Waals surface area contributed by atoms with Gasteiger partial charge < -0.3 is 4.74 Å². The molecule has 1 heterocycles. The fourth-order valence-electron chi connectivity index (χ4n) is 1.15. The van der Waals surface area contributed by atoms with Crippen LogP contribution in [0.3, 0.4) is 0 Å². The minimum Gasteiger partial charge on any atom is -0.381 e. The van der Waals surface area contributed by atoms with Gasteiger partial charge in [-0.1, -0.05) is 0 Å². The minimum atomic E-state index is 0. The van der Waals surface area contributed by atoms with Crippen molar-refractivity contribution < 1.29 is 4.74 Å². The van der Waals surface area contributed by atoms with Gasteiger partial charge in [-0.15, -0.1) is 0 Å². The summed E-state index contributed by atoms with van der Waals surface area (Å²) in [5, 5.41) is 0. The van der Waals surface area contributed by atoms with Crippen molar-refractivity contribution in [3.8, 4) is 0 Å². The molecule has 0 atom stereocenters. The van der Waals surface area contributed by atoms with Crippen LogP contribution in [0.4, 0.5) is 0 Å². The van der Waals surface area contributed by atoms with Gasteiger partial charge in [0.2, 0.25) is 0 Å². The normalized spacial score (nSPS) is 22.5. The van der Waals surface area contributed by atoms with Crippen molar-refractivity contribution in [1.29, 1.82) is 0 Å². The first-order valence-electron chi connectivity index (χ1n) is 5.41. The third-order valence-corrected chi connectivity index (χ3v) is 1.94. The molecule has 3 aliphatic rings. The van der Waals surface area contributed by atoms with E-state index in [1.54, 1.807) is 0 Å². The summed E-state index contributed by atoms with van der Waals surface area (Å²) in [6.07, 6.45) is 22.6. The van der Waals surface area contributed by atoms with E-state index in [1.165, 1.54) is 12.8 Å². The molecule has 3 rings (SSSR count). The van der Waals surface area contributed by atoms with Crippen molar-refractivity contribution in [2.45, 2.75) is 12.8 Å². The molecule has 82 valence electrons. The summed E-state index contributed by atoms with van der Waals surface area (Å²) < 4.78 is 4.94. The fraction of sp³-hybridized carbons (Fsp3) is 0.286. The quantitative estimate of drug-likeness (QED) is 0.559. The Kier molecular flexibility index (Phi) is 13.3. The summed E-state index contributed by atoms with van der Waals surface area (Å²) in [5.41, 5.74) is 0. The molecule has 0 unspecified atom stereocenters. The number of ether oxygens (including phenoxy) is 1. The Bertz CT molecular complexity index is 69.3. The maximum Gasteiger partial charge on any atom is 0.0466 e. The van der Waals surface area contributed by atoms with Gasteiger partial charge in [-0.3, -0.25) is 0 Å². The van der Waals surface area contributed by atoms with Crippen molar-refractivity contribution in [1.82, 2.24) is 0 Å². The zero-order valence-corrected chi connectivity index (χ0v) is 9.72. The van der Waals surface area contributed by atoms with E-state index in [-0.39, 0.29) is 10.1 Å². The van der Waals surface area contributed by atoms with Crippen molar-refractivity contribution in [2.75, 3.05) is 13.2 Å². The third-order valence-electron chi connectivity index (χ3n) is 1.94. The monoisotopic (exact) mass is 211 g/mol. The van der Waals surface area contributed by atoms with E-state index in [2.05, 4.69) is 0 Å². The summed E-state index contributed by atoms with van der Waals surface area (Å²) in [6.45, 7) is 2.00. The molecular formula is C14H18BeO. The van der Waals surface area contributed by atoms with E-state index >= 15 is 0 Å². The maximum absolute atomic E-state index is 4.94. The molecule has 0 aromatic rings. The van der Waals surface area contributed by atoms with Crippen LogP contribution in [0.1, 0.15) is 12.8 Å². The Hall–Kier alpha value is 0.129. The molecule has 1 aliphatic heterocycles. The molecule has 0 amide bonds. The molecule has 0 aromatic carbocycles. The predicted molar refractivity (Wildman–Crippen MR) is 68.8 cm³/mol. The Labute approximate surface area is 106 Å². The van der Waals surface area contributed by atoms with E-state index in [1.807, 2.05) is 64.2 Å². The van der Waals surface area contributed by atoms with Crippen molar-refractivity contribution in [2.24, 2.45) is 0 Å². The van der Waals surface area contributed by atoms with Crippen LogP contribution in [0, 0.1) is 64.2 Å². The SMILES string of the molecule is C1CCOC1.[Be].[CH]1[CH][CH][CH][CH]1.[CH]1[CH][CH][CH][CH]1. The molecule has 16 heavy (non-hydrogen) atoms. The molecule has 2 saturated carbocycles. The summed E-state index contributed by atoms with van der Waals surface area (Å²) >= 11 is 0. The Morgan fingerprint density at radius 3 is 0.875 bits per heavy atom. The predicted octanol–water partition coefficient (Wildman–Crippen LogP) is 2.46. The summed E-state index contributed by atoms with van der Waals surface area (Å²) in [7, 11) is 0. The fourth-order valence-corrected chi connectivity index (χ4v) is 1.15. The first kappa shape index (κ1) is 16.1. The van der Waals surface area contributed by atoms with Gasteiger partial charge >= 0.3 is 0 Å². The van der Waals surface area contributed by atoms with Crippen LogP contribution in [-0.2, 0) is 4.74 Å². The van der Waals surface area contributed by atoms with Crippen molar-refractivity contribution in [3.05, 3.63) is 64.2 Å². The number of hydrogen-bond acceptors (Lipinski definition) is 1. The Morgan fingerprint density at radius 2 is 0.750 bits per heavy atom. The van der Waals surface area contributed by atoms with E-state index in [0.29, 0.717) is 0 Å². The van der Waals surface area contributed by atoms with Gasteiger partial charge in [0.1, 0.15) is 0 Å². The summed E-state index contributed by atoms with van der Waals surface area (Å²) in [5.74, 6) is 0. The molecule has 1 saturated heterocycles. The average molecular weight is 211 g/mol. The van der Waals surface area contributed by atoms with Crippen molar-refractivity contribution in [3.63, 3.8) is 0 Å². The second kappa shape index (κ2) is 13.2. The third kappa shape index (κ3) is 10.6. The van der Waals surface area contributed by atoms with Gasteiger partial charge in [0, 0.05) is 23.3 Å². The molecule has 3 fully saturated rings. The maximum atomic E-state index is 4.94. The zero-order chi connectivity index (χ0) is 10.6. The summed E-state index contributed by atoms with van der Waals surface area (Å²) in [4.78, 5) is 0. The van der Waals surface area contributed by atoms with Crippen LogP contribution in [0.5, 0.6) is 0 Å². The van der Waals surface area contributed by atoms with Crippen LogP contribution < -0.4 is 0 Å². The molecule has 2 heteroatoms.